The van der Waals surface area contributed by atoms with Crippen molar-refractivity contribution in [3.63, 3.8) is 0 Å². The molecule has 5 heteroatoms. The number of carbonyl (C=O) groups excluding carboxylic acids is 2. The third kappa shape index (κ3) is 5.21. The monoisotopic (exact) mass is 315 g/mol. The smallest absolute Gasteiger partial charge is 0.251 e. The molecule has 0 saturated heterocycles. The molecule has 0 unspecified atom stereocenters. The minimum absolute atomic E-state index is 0.00965. The Kier molecular flexibility index (Phi) is 5.93. The van der Waals surface area contributed by atoms with Gasteiger partial charge in [-0.1, -0.05) is 18.2 Å². The Labute approximate surface area is 137 Å². The Balaban J connectivity index is 1.87. The molecule has 23 heavy (non-hydrogen) atoms. The average molecular weight is 315 g/mol. The van der Waals surface area contributed by atoms with Crippen LogP contribution in [0.15, 0.2) is 36.9 Å². The van der Waals surface area contributed by atoms with Crippen LogP contribution in [0.1, 0.15) is 35.7 Å². The lowest BCUT2D eigenvalue weighted by molar-refractivity contribution is -0.125. The highest BCUT2D eigenvalue weighted by atomic mass is 16.2. The first kappa shape index (κ1) is 17.2. The summed E-state index contributed by atoms with van der Waals surface area (Å²) in [6.07, 6.45) is 3.83. The van der Waals surface area contributed by atoms with E-state index in [0.717, 1.165) is 18.4 Å². The zero-order chi connectivity index (χ0) is 16.8. The molecule has 1 saturated carbocycles. The molecule has 0 heterocycles. The van der Waals surface area contributed by atoms with E-state index in [1.807, 2.05) is 43.1 Å². The number of nitrogens with zero attached hydrogens (tertiary/aromatic N) is 1. The van der Waals surface area contributed by atoms with Gasteiger partial charge in [0.25, 0.3) is 5.91 Å². The highest BCUT2D eigenvalue weighted by Gasteiger charge is 2.23. The normalized spacial score (nSPS) is 15.1. The van der Waals surface area contributed by atoms with Gasteiger partial charge in [-0.15, -0.1) is 6.58 Å². The number of hydrogen-bond donors (Lipinski definition) is 2. The van der Waals surface area contributed by atoms with Gasteiger partial charge in [-0.3, -0.25) is 14.5 Å². The molecule has 1 atom stereocenters. The molecule has 0 aromatic heterocycles. The topological polar surface area (TPSA) is 61.4 Å². The molecule has 1 fully saturated rings. The lowest BCUT2D eigenvalue weighted by Gasteiger charge is -2.23. The van der Waals surface area contributed by atoms with E-state index < -0.39 is 0 Å². The van der Waals surface area contributed by atoms with E-state index in [0.29, 0.717) is 24.7 Å². The second-order valence-corrected chi connectivity index (χ2v) is 6.07. The molecule has 5 nitrogen and oxygen atoms in total. The molecule has 124 valence electrons. The molecular weight excluding hydrogens is 290 g/mol. The van der Waals surface area contributed by atoms with Crippen LogP contribution in [-0.2, 0) is 11.3 Å². The first-order valence-electron chi connectivity index (χ1n) is 8.00. The van der Waals surface area contributed by atoms with Crippen LogP contribution in [0.25, 0.3) is 0 Å². The Morgan fingerprint density at radius 3 is 2.57 bits per heavy atom. The fourth-order valence-corrected chi connectivity index (χ4v) is 2.20. The highest BCUT2D eigenvalue weighted by Crippen LogP contribution is 2.19. The molecular formula is C18H25N3O2. The van der Waals surface area contributed by atoms with Gasteiger partial charge in [0.05, 0.1) is 6.04 Å². The molecule has 2 amide bonds. The van der Waals surface area contributed by atoms with Crippen molar-refractivity contribution < 1.29 is 9.59 Å². The minimum atomic E-state index is -0.229. The van der Waals surface area contributed by atoms with Crippen molar-refractivity contribution in [1.82, 2.24) is 15.5 Å². The molecule has 0 spiro atoms. The third-order valence-corrected chi connectivity index (χ3v) is 4.02. The van der Waals surface area contributed by atoms with Crippen LogP contribution >= 0.6 is 0 Å². The fourth-order valence-electron chi connectivity index (χ4n) is 2.20. The Morgan fingerprint density at radius 2 is 2.00 bits per heavy atom. The summed E-state index contributed by atoms with van der Waals surface area (Å²) in [7, 11) is 1.91. The number of carbonyl (C=O) groups is 2. The van der Waals surface area contributed by atoms with E-state index in [1.54, 1.807) is 6.08 Å². The molecule has 1 aromatic carbocycles. The summed E-state index contributed by atoms with van der Waals surface area (Å²) in [5.41, 5.74) is 1.75. The first-order chi connectivity index (χ1) is 11.0. The second kappa shape index (κ2) is 7.92. The zero-order valence-corrected chi connectivity index (χ0v) is 13.8. The molecule has 1 aliphatic carbocycles. The molecule has 1 aliphatic rings. The molecule has 0 aliphatic heterocycles. The standard InChI is InChI=1S/C18H25N3O2/c1-4-11-19-17(22)13(2)21(3)12-14-5-7-15(8-6-14)18(23)20-16-9-10-16/h4-8,13,16H,1,9-12H2,2-3H3,(H,19,22)(H,20,23)/t13-/m0/s1. The predicted molar refractivity (Wildman–Crippen MR) is 91.1 cm³/mol. The van der Waals surface area contributed by atoms with E-state index in [-0.39, 0.29) is 17.9 Å². The number of hydrogen-bond acceptors (Lipinski definition) is 3. The Bertz CT molecular complexity index is 564. The maximum Gasteiger partial charge on any atom is 0.251 e. The summed E-state index contributed by atoms with van der Waals surface area (Å²) in [5.74, 6) is -0.0302. The van der Waals surface area contributed by atoms with E-state index >= 15 is 0 Å². The van der Waals surface area contributed by atoms with Crippen molar-refractivity contribution in [3.05, 3.63) is 48.0 Å². The van der Waals surface area contributed by atoms with E-state index in [2.05, 4.69) is 17.2 Å². The van der Waals surface area contributed by atoms with Crippen LogP contribution in [0.3, 0.4) is 0 Å². The van der Waals surface area contributed by atoms with Gasteiger partial charge < -0.3 is 10.6 Å². The summed E-state index contributed by atoms with van der Waals surface area (Å²) in [6, 6.07) is 7.68. The van der Waals surface area contributed by atoms with Gasteiger partial charge in [0.15, 0.2) is 0 Å². The van der Waals surface area contributed by atoms with Crippen LogP contribution in [0.5, 0.6) is 0 Å². The van der Waals surface area contributed by atoms with Crippen molar-refractivity contribution in [2.24, 2.45) is 0 Å². The Hall–Kier alpha value is -2.14. The molecule has 1 aromatic rings. The SMILES string of the molecule is C=CCNC(=O)[C@H](C)N(C)Cc1ccc(C(=O)NC2CC2)cc1. The van der Waals surface area contributed by atoms with Crippen molar-refractivity contribution in [2.75, 3.05) is 13.6 Å². The number of amides is 2. The summed E-state index contributed by atoms with van der Waals surface area (Å²) in [4.78, 5) is 25.8. The molecule has 0 bridgehead atoms. The van der Waals surface area contributed by atoms with Gasteiger partial charge in [-0.25, -0.2) is 0 Å². The summed E-state index contributed by atoms with van der Waals surface area (Å²) >= 11 is 0. The first-order valence-corrected chi connectivity index (χ1v) is 8.00. The van der Waals surface area contributed by atoms with Crippen LogP contribution < -0.4 is 10.6 Å². The van der Waals surface area contributed by atoms with Crippen LogP contribution in [0.2, 0.25) is 0 Å². The van der Waals surface area contributed by atoms with Crippen molar-refractivity contribution in [1.29, 1.82) is 0 Å². The fraction of sp³-hybridized carbons (Fsp3) is 0.444. The molecule has 0 radical (unpaired) electrons. The maximum absolute atomic E-state index is 11.9. The summed E-state index contributed by atoms with van der Waals surface area (Å²) < 4.78 is 0. The predicted octanol–water partition coefficient (Wildman–Crippen LogP) is 1.70. The number of rotatable bonds is 8. The van der Waals surface area contributed by atoms with Gasteiger partial charge in [0.2, 0.25) is 5.91 Å². The largest absolute Gasteiger partial charge is 0.351 e. The lowest BCUT2D eigenvalue weighted by atomic mass is 10.1. The number of nitrogens with one attached hydrogen (secondary N) is 2. The number of likely N-dealkylation sites (N-methyl/N-ethyl adjacent to an activating group) is 1. The van der Waals surface area contributed by atoms with E-state index in [4.69, 9.17) is 0 Å². The van der Waals surface area contributed by atoms with Gasteiger partial charge in [-0.05, 0) is 44.5 Å². The summed E-state index contributed by atoms with van der Waals surface area (Å²) in [6.45, 7) is 6.58. The van der Waals surface area contributed by atoms with Crippen molar-refractivity contribution >= 4 is 11.8 Å². The minimum Gasteiger partial charge on any atom is -0.351 e. The van der Waals surface area contributed by atoms with Crippen molar-refractivity contribution in [3.8, 4) is 0 Å². The number of benzene rings is 1. The Morgan fingerprint density at radius 1 is 1.35 bits per heavy atom. The maximum atomic E-state index is 11.9. The third-order valence-electron chi connectivity index (χ3n) is 4.02. The molecule has 2 rings (SSSR count). The van der Waals surface area contributed by atoms with E-state index in [9.17, 15) is 9.59 Å². The van der Waals surface area contributed by atoms with Crippen LogP contribution in [0, 0.1) is 0 Å². The van der Waals surface area contributed by atoms with Gasteiger partial charge in [0.1, 0.15) is 0 Å². The van der Waals surface area contributed by atoms with Crippen molar-refractivity contribution in [2.45, 2.75) is 38.4 Å². The van der Waals surface area contributed by atoms with E-state index in [1.165, 1.54) is 0 Å². The zero-order valence-electron chi connectivity index (χ0n) is 13.8. The van der Waals surface area contributed by atoms with Crippen LogP contribution in [-0.4, -0.2) is 42.4 Å². The van der Waals surface area contributed by atoms with Gasteiger partial charge in [0, 0.05) is 24.7 Å². The molecule has 2 N–H and O–H groups in total. The summed E-state index contributed by atoms with van der Waals surface area (Å²) in [5, 5.41) is 5.77. The quantitative estimate of drug-likeness (QED) is 0.718. The second-order valence-electron chi connectivity index (χ2n) is 6.07. The lowest BCUT2D eigenvalue weighted by Crippen LogP contribution is -2.42. The van der Waals surface area contributed by atoms with Gasteiger partial charge in [-0.2, -0.15) is 0 Å². The van der Waals surface area contributed by atoms with Crippen LogP contribution in [0.4, 0.5) is 0 Å². The van der Waals surface area contributed by atoms with Gasteiger partial charge >= 0.3 is 0 Å². The highest BCUT2D eigenvalue weighted by molar-refractivity contribution is 5.94. The average Bonchev–Trinajstić information content (AvgIpc) is 3.36.